The van der Waals surface area contributed by atoms with Gasteiger partial charge < -0.3 is 4.74 Å². The van der Waals surface area contributed by atoms with E-state index in [0.717, 1.165) is 21.7 Å². The molecule has 2 N–H and O–H groups in total. The van der Waals surface area contributed by atoms with E-state index in [2.05, 4.69) is 40.5 Å². The number of thioether (sulfide) groups is 1. The molecular formula is C21H17FN4OS. The van der Waals surface area contributed by atoms with Gasteiger partial charge in [-0.25, -0.2) is 4.39 Å². The Balaban J connectivity index is 1.70. The number of ether oxygens (including phenoxy) is 1. The summed E-state index contributed by atoms with van der Waals surface area (Å²) in [5, 5.41) is 25.0. The van der Waals surface area contributed by atoms with E-state index in [-0.39, 0.29) is 11.7 Å². The van der Waals surface area contributed by atoms with Crippen molar-refractivity contribution in [1.29, 1.82) is 10.7 Å². The molecule has 0 fully saturated rings. The maximum Gasteiger partial charge on any atom is 0.243 e. The number of aromatic amines is 1. The molecule has 0 aliphatic carbocycles. The molecule has 0 radical (unpaired) electrons. The van der Waals surface area contributed by atoms with E-state index in [1.54, 1.807) is 23.9 Å². The molecule has 2 heterocycles. The van der Waals surface area contributed by atoms with Crippen LogP contribution in [0.25, 0.3) is 0 Å². The smallest absolute Gasteiger partial charge is 0.243 e. The lowest BCUT2D eigenvalue weighted by atomic mass is 9.79. The number of hydrogen-bond acceptors (Lipinski definition) is 5. The van der Waals surface area contributed by atoms with Crippen molar-refractivity contribution in [2.75, 3.05) is 0 Å². The van der Waals surface area contributed by atoms with Crippen molar-refractivity contribution in [1.82, 2.24) is 10.2 Å². The van der Waals surface area contributed by atoms with Crippen LogP contribution in [0.1, 0.15) is 28.3 Å². The van der Waals surface area contributed by atoms with E-state index in [4.69, 9.17) is 10.1 Å². The zero-order chi connectivity index (χ0) is 19.7. The van der Waals surface area contributed by atoms with Gasteiger partial charge in [0, 0.05) is 22.1 Å². The van der Waals surface area contributed by atoms with Crippen LogP contribution in [-0.4, -0.2) is 16.1 Å². The Labute approximate surface area is 166 Å². The summed E-state index contributed by atoms with van der Waals surface area (Å²) in [5.74, 6) is -0.799. The second-order valence-corrected chi connectivity index (χ2v) is 7.67. The molecule has 28 heavy (non-hydrogen) atoms. The summed E-state index contributed by atoms with van der Waals surface area (Å²) < 4.78 is 18.9. The van der Waals surface area contributed by atoms with Crippen LogP contribution in [-0.2, 0) is 5.75 Å². The number of nitrogens with one attached hydrogen (secondary N) is 2. The minimum absolute atomic E-state index is 0.145. The lowest BCUT2D eigenvalue weighted by Gasteiger charge is -2.28. The van der Waals surface area contributed by atoms with Crippen LogP contribution < -0.4 is 4.74 Å². The number of rotatable bonds is 4. The largest absolute Gasteiger partial charge is 0.422 e. The van der Waals surface area contributed by atoms with Crippen molar-refractivity contribution in [2.45, 2.75) is 23.5 Å². The fourth-order valence-electron chi connectivity index (χ4n) is 3.31. The number of aryl methyl sites for hydroxylation is 1. The molecule has 2 aromatic carbocycles. The molecule has 1 aliphatic rings. The van der Waals surface area contributed by atoms with Gasteiger partial charge in [0.15, 0.2) is 0 Å². The average Bonchev–Trinajstić information content (AvgIpc) is 3.09. The van der Waals surface area contributed by atoms with Crippen LogP contribution in [0.2, 0.25) is 0 Å². The number of nitriles is 1. The molecule has 0 bridgehead atoms. The van der Waals surface area contributed by atoms with E-state index >= 15 is 0 Å². The predicted octanol–water partition coefficient (Wildman–Crippen LogP) is 4.79. The van der Waals surface area contributed by atoms with Gasteiger partial charge in [-0.2, -0.15) is 5.26 Å². The highest BCUT2D eigenvalue weighted by molar-refractivity contribution is 7.98. The van der Waals surface area contributed by atoms with Crippen molar-refractivity contribution in [3.8, 4) is 11.9 Å². The fraction of sp³-hybridized carbons (Fsp3) is 0.190. The first-order valence-electron chi connectivity index (χ1n) is 8.75. The molecule has 0 saturated carbocycles. The second-order valence-electron chi connectivity index (χ2n) is 6.63. The number of fused-ring (bicyclic) bond motifs is 1. The quantitative estimate of drug-likeness (QED) is 0.625. The molecule has 3 aromatic rings. The summed E-state index contributed by atoms with van der Waals surface area (Å²) in [6, 6.07) is 16.4. The molecule has 2 atom stereocenters. The number of H-pyrrole nitrogens is 1. The monoisotopic (exact) mass is 392 g/mol. The van der Waals surface area contributed by atoms with E-state index < -0.39 is 11.8 Å². The van der Waals surface area contributed by atoms with Crippen molar-refractivity contribution < 1.29 is 9.13 Å². The number of benzene rings is 2. The van der Waals surface area contributed by atoms with Gasteiger partial charge in [-0.15, -0.1) is 16.9 Å². The molecule has 5 nitrogen and oxygen atoms in total. The summed E-state index contributed by atoms with van der Waals surface area (Å²) >= 11 is 1.65. The van der Waals surface area contributed by atoms with Gasteiger partial charge in [-0.05, 0) is 36.8 Å². The highest BCUT2D eigenvalue weighted by Crippen LogP contribution is 2.44. The molecule has 1 aromatic heterocycles. The summed E-state index contributed by atoms with van der Waals surface area (Å²) in [6.07, 6.45) is 0. The molecule has 7 heteroatoms. The van der Waals surface area contributed by atoms with Gasteiger partial charge in [0.1, 0.15) is 11.7 Å². The molecule has 0 saturated heterocycles. The van der Waals surface area contributed by atoms with Crippen molar-refractivity contribution in [2.24, 2.45) is 5.92 Å². The molecule has 0 amide bonds. The Morgan fingerprint density at radius 2 is 1.93 bits per heavy atom. The van der Waals surface area contributed by atoms with Crippen LogP contribution >= 0.6 is 11.8 Å². The maximum absolute atomic E-state index is 13.4. The van der Waals surface area contributed by atoms with Gasteiger partial charge in [0.05, 0.1) is 11.8 Å². The van der Waals surface area contributed by atoms with Gasteiger partial charge >= 0.3 is 0 Å². The van der Waals surface area contributed by atoms with Gasteiger partial charge in [-0.3, -0.25) is 10.5 Å². The Morgan fingerprint density at radius 3 is 2.61 bits per heavy atom. The SMILES string of the molecule is Cc1ccc(SCc2[nH]nc3c2C(c2ccc(F)cc2)C(C#N)C(=N)O3)cc1. The predicted molar refractivity (Wildman–Crippen MR) is 105 cm³/mol. The molecular weight excluding hydrogens is 375 g/mol. The van der Waals surface area contributed by atoms with Crippen LogP contribution in [0.3, 0.4) is 0 Å². The lowest BCUT2D eigenvalue weighted by Crippen LogP contribution is -2.31. The van der Waals surface area contributed by atoms with Crippen LogP contribution in [0.4, 0.5) is 4.39 Å². The fourth-order valence-corrected chi connectivity index (χ4v) is 4.17. The van der Waals surface area contributed by atoms with Crippen molar-refractivity contribution in [3.63, 3.8) is 0 Å². The number of halogens is 1. The number of nitrogens with zero attached hydrogens (tertiary/aromatic N) is 2. The van der Waals surface area contributed by atoms with Crippen LogP contribution in [0.5, 0.6) is 5.88 Å². The van der Waals surface area contributed by atoms with Crippen LogP contribution in [0, 0.1) is 35.4 Å². The lowest BCUT2D eigenvalue weighted by molar-refractivity contribution is 0.436. The Kier molecular flexibility index (Phi) is 4.88. The average molecular weight is 392 g/mol. The number of aromatic nitrogens is 2. The summed E-state index contributed by atoms with van der Waals surface area (Å²) in [6.45, 7) is 2.04. The maximum atomic E-state index is 13.4. The highest BCUT2D eigenvalue weighted by atomic mass is 32.2. The Hall–Kier alpha value is -3.11. The third-order valence-electron chi connectivity index (χ3n) is 4.75. The summed E-state index contributed by atoms with van der Waals surface area (Å²) in [5.41, 5.74) is 3.55. The van der Waals surface area contributed by atoms with Crippen LogP contribution in [0.15, 0.2) is 53.4 Å². The normalized spacial score (nSPS) is 18.2. The van der Waals surface area contributed by atoms with E-state index in [1.165, 1.54) is 17.7 Å². The van der Waals surface area contributed by atoms with Crippen molar-refractivity contribution >= 4 is 17.7 Å². The topological polar surface area (TPSA) is 85.5 Å². The van der Waals surface area contributed by atoms with E-state index in [0.29, 0.717) is 11.6 Å². The first kappa shape index (κ1) is 18.3. The molecule has 4 rings (SSSR count). The minimum Gasteiger partial charge on any atom is -0.422 e. The highest BCUT2D eigenvalue weighted by Gasteiger charge is 2.40. The van der Waals surface area contributed by atoms with Gasteiger partial charge in [0.25, 0.3) is 0 Å². The zero-order valence-corrected chi connectivity index (χ0v) is 15.9. The van der Waals surface area contributed by atoms with Gasteiger partial charge in [0.2, 0.25) is 11.8 Å². The molecule has 0 spiro atoms. The molecule has 140 valence electrons. The summed E-state index contributed by atoms with van der Waals surface area (Å²) in [4.78, 5) is 1.12. The molecule has 2 unspecified atom stereocenters. The van der Waals surface area contributed by atoms with Crippen molar-refractivity contribution in [3.05, 3.63) is 76.7 Å². The van der Waals surface area contributed by atoms with E-state index in [1.807, 2.05) is 6.92 Å². The number of hydrogen-bond donors (Lipinski definition) is 2. The van der Waals surface area contributed by atoms with Gasteiger partial charge in [-0.1, -0.05) is 29.8 Å². The third-order valence-corrected chi connectivity index (χ3v) is 5.79. The molecule has 1 aliphatic heterocycles. The first-order chi connectivity index (χ1) is 13.6. The Morgan fingerprint density at radius 1 is 1.21 bits per heavy atom. The third kappa shape index (κ3) is 3.39. The summed E-state index contributed by atoms with van der Waals surface area (Å²) in [7, 11) is 0. The first-order valence-corrected chi connectivity index (χ1v) is 9.73. The Bertz CT molecular complexity index is 1050. The minimum atomic E-state index is -0.793. The zero-order valence-electron chi connectivity index (χ0n) is 15.1. The second kappa shape index (κ2) is 7.49. The van der Waals surface area contributed by atoms with E-state index in [9.17, 15) is 9.65 Å². The standard InChI is InChI=1S/C21H17FN4OS/c1-12-2-8-15(9-3-12)28-11-17-19-18(13-4-6-14(22)7-5-13)16(10-23)20(24)27-21(19)26-25-17/h2-9,16,18,24H,11H2,1H3,(H,25,26).